The third-order valence-electron chi connectivity index (χ3n) is 5.66. The fourth-order valence-electron chi connectivity index (χ4n) is 3.99. The predicted octanol–water partition coefficient (Wildman–Crippen LogP) is 4.04. The van der Waals surface area contributed by atoms with Crippen LogP contribution in [0.3, 0.4) is 0 Å². The number of amides is 1. The second-order valence-electron chi connectivity index (χ2n) is 8.08. The van der Waals surface area contributed by atoms with Crippen LogP contribution < -0.4 is 15.0 Å². The summed E-state index contributed by atoms with van der Waals surface area (Å²) in [6.45, 7) is 3.56. The van der Waals surface area contributed by atoms with Crippen LogP contribution in [0.1, 0.15) is 38.7 Å². The average Bonchev–Trinajstić information content (AvgIpc) is 2.80. The van der Waals surface area contributed by atoms with Crippen molar-refractivity contribution in [3.05, 3.63) is 54.1 Å². The van der Waals surface area contributed by atoms with Gasteiger partial charge in [-0.25, -0.2) is 13.9 Å². The first-order chi connectivity index (χ1) is 15.3. The fraction of sp³-hybridized carbons (Fsp3) is 0.458. The van der Waals surface area contributed by atoms with Crippen LogP contribution in [-0.4, -0.2) is 39.0 Å². The Hall–Kier alpha value is -2.58. The van der Waals surface area contributed by atoms with E-state index in [2.05, 4.69) is 0 Å². The van der Waals surface area contributed by atoms with Crippen LogP contribution in [0.2, 0.25) is 0 Å². The minimum atomic E-state index is -3.91. The zero-order chi connectivity index (χ0) is 23.7. The molecule has 2 atom stereocenters. The number of unbranched alkanes of at least 4 members (excludes halogenated alkanes) is 1. The topological polar surface area (TPSA) is 102 Å². The third-order valence-corrected chi connectivity index (χ3v) is 7.90. The van der Waals surface area contributed by atoms with Gasteiger partial charge in [0.15, 0.2) is 21.3 Å². The van der Waals surface area contributed by atoms with Crippen LogP contribution in [-0.2, 0) is 21.1 Å². The first kappa shape index (κ1) is 25.7. The lowest BCUT2D eigenvalue weighted by Crippen LogP contribution is -2.43. The predicted molar refractivity (Wildman–Crippen MR) is 123 cm³/mol. The average molecular weight is 464 g/mol. The van der Waals surface area contributed by atoms with E-state index in [1.54, 1.807) is 19.3 Å². The monoisotopic (exact) mass is 463 g/mol. The highest BCUT2D eigenvalue weighted by Crippen LogP contribution is 2.35. The van der Waals surface area contributed by atoms with Gasteiger partial charge >= 0.3 is 0 Å². The van der Waals surface area contributed by atoms with Crippen molar-refractivity contribution in [1.29, 1.82) is 0 Å². The molecule has 176 valence electrons. The number of methoxy groups -OCH3 is 2. The lowest BCUT2D eigenvalue weighted by Gasteiger charge is -2.28. The molecule has 8 heteroatoms. The highest BCUT2D eigenvalue weighted by molar-refractivity contribution is 7.92. The molecule has 2 rings (SSSR count). The van der Waals surface area contributed by atoms with E-state index in [9.17, 15) is 18.4 Å². The van der Waals surface area contributed by atoms with Gasteiger partial charge in [0.25, 0.3) is 0 Å². The summed E-state index contributed by atoms with van der Waals surface area (Å²) in [5, 5.41) is 8.28. The molecule has 0 heterocycles. The lowest BCUT2D eigenvalue weighted by molar-refractivity contribution is -0.134. The van der Waals surface area contributed by atoms with E-state index in [-0.39, 0.29) is 10.8 Å². The standard InChI is InChI=1S/C24H33NO6S/c1-17(2)23(24(26)25-27)22(13-9-8-12-18-10-6-5-7-11-18)32(28,29)19-14-15-20(30-3)21(16-19)31-4/h5-7,10-11,14-17,22-23,27H,8-9,12-13H2,1-4H3,(H,25,26). The minimum absolute atomic E-state index is 0.0552. The summed E-state index contributed by atoms with van der Waals surface area (Å²) in [6, 6.07) is 14.4. The number of carbonyl (C=O) groups excluding carboxylic acids is 1. The summed E-state index contributed by atoms with van der Waals surface area (Å²) >= 11 is 0. The maximum Gasteiger partial charge on any atom is 0.248 e. The SMILES string of the molecule is COc1ccc(S(=O)(=O)C(CCCCc2ccccc2)C(C(=O)NO)C(C)C)cc1OC. The number of carbonyl (C=O) groups is 1. The molecule has 0 aromatic heterocycles. The molecule has 0 radical (unpaired) electrons. The van der Waals surface area contributed by atoms with Gasteiger partial charge in [-0.15, -0.1) is 0 Å². The second-order valence-corrected chi connectivity index (χ2v) is 10.2. The minimum Gasteiger partial charge on any atom is -0.493 e. The first-order valence-corrected chi connectivity index (χ1v) is 12.2. The zero-order valence-electron chi connectivity index (χ0n) is 19.1. The fourth-order valence-corrected chi connectivity index (χ4v) is 6.17. The van der Waals surface area contributed by atoms with Crippen LogP contribution in [0, 0.1) is 11.8 Å². The number of hydrogen-bond donors (Lipinski definition) is 2. The number of rotatable bonds is 12. The van der Waals surface area contributed by atoms with E-state index in [4.69, 9.17) is 9.47 Å². The van der Waals surface area contributed by atoms with Gasteiger partial charge in [0.2, 0.25) is 5.91 Å². The van der Waals surface area contributed by atoms with Crippen molar-refractivity contribution in [2.24, 2.45) is 11.8 Å². The molecule has 32 heavy (non-hydrogen) atoms. The summed E-state index contributed by atoms with van der Waals surface area (Å²) in [7, 11) is -1.00. The van der Waals surface area contributed by atoms with E-state index >= 15 is 0 Å². The molecule has 0 saturated heterocycles. The Balaban J connectivity index is 2.34. The van der Waals surface area contributed by atoms with Crippen molar-refractivity contribution in [2.45, 2.75) is 49.7 Å². The molecule has 0 spiro atoms. The molecule has 2 aromatic carbocycles. The van der Waals surface area contributed by atoms with Gasteiger partial charge in [0, 0.05) is 6.07 Å². The van der Waals surface area contributed by atoms with E-state index in [1.807, 2.05) is 30.3 Å². The molecule has 2 unspecified atom stereocenters. The molecular formula is C24H33NO6S. The van der Waals surface area contributed by atoms with Crippen LogP contribution >= 0.6 is 0 Å². The third kappa shape index (κ3) is 6.23. The van der Waals surface area contributed by atoms with Crippen LogP contribution in [0.15, 0.2) is 53.4 Å². The quantitative estimate of drug-likeness (QED) is 0.280. The van der Waals surface area contributed by atoms with Crippen LogP contribution in [0.5, 0.6) is 11.5 Å². The molecule has 7 nitrogen and oxygen atoms in total. The smallest absolute Gasteiger partial charge is 0.248 e. The van der Waals surface area contributed by atoms with Crippen LogP contribution in [0.25, 0.3) is 0 Å². The van der Waals surface area contributed by atoms with Gasteiger partial charge in [-0.1, -0.05) is 50.6 Å². The number of hydroxylamine groups is 1. The van der Waals surface area contributed by atoms with Gasteiger partial charge in [-0.3, -0.25) is 10.0 Å². The number of benzene rings is 2. The van der Waals surface area contributed by atoms with Crippen molar-refractivity contribution in [3.63, 3.8) is 0 Å². The second kappa shape index (κ2) is 11.9. The molecule has 2 aromatic rings. The maximum atomic E-state index is 13.7. The largest absolute Gasteiger partial charge is 0.493 e. The maximum absolute atomic E-state index is 13.7. The molecule has 1 amide bonds. The number of aryl methyl sites for hydroxylation is 1. The van der Waals surface area contributed by atoms with E-state index in [0.29, 0.717) is 24.3 Å². The Morgan fingerprint density at radius 1 is 1.00 bits per heavy atom. The van der Waals surface area contributed by atoms with Crippen molar-refractivity contribution < 1.29 is 27.9 Å². The highest BCUT2D eigenvalue weighted by atomic mass is 32.2. The first-order valence-electron chi connectivity index (χ1n) is 10.7. The number of hydrogen-bond acceptors (Lipinski definition) is 6. The molecule has 0 aliphatic heterocycles. The lowest BCUT2D eigenvalue weighted by atomic mass is 9.89. The Labute approximate surface area is 190 Å². The molecule has 0 saturated carbocycles. The van der Waals surface area contributed by atoms with Gasteiger partial charge in [-0.2, -0.15) is 0 Å². The molecular weight excluding hydrogens is 430 g/mol. The molecule has 2 N–H and O–H groups in total. The summed E-state index contributed by atoms with van der Waals surface area (Å²) in [5.74, 6) is -1.19. The summed E-state index contributed by atoms with van der Waals surface area (Å²) in [4.78, 5) is 12.5. The van der Waals surface area contributed by atoms with Crippen molar-refractivity contribution in [1.82, 2.24) is 5.48 Å². The molecule has 0 bridgehead atoms. The highest BCUT2D eigenvalue weighted by Gasteiger charge is 2.40. The summed E-state index contributed by atoms with van der Waals surface area (Å²) in [6.07, 6.45) is 2.52. The van der Waals surface area contributed by atoms with E-state index in [0.717, 1.165) is 12.8 Å². The van der Waals surface area contributed by atoms with Crippen molar-refractivity contribution in [3.8, 4) is 11.5 Å². The Kier molecular flexibility index (Phi) is 9.53. The summed E-state index contributed by atoms with van der Waals surface area (Å²) in [5.41, 5.74) is 2.84. The number of sulfone groups is 1. The van der Waals surface area contributed by atoms with Gasteiger partial charge in [0.1, 0.15) is 0 Å². The van der Waals surface area contributed by atoms with Crippen LogP contribution in [0.4, 0.5) is 0 Å². The van der Waals surface area contributed by atoms with Crippen molar-refractivity contribution in [2.75, 3.05) is 14.2 Å². The molecule has 0 aliphatic carbocycles. The Bertz CT molecular complexity index is 975. The van der Waals surface area contributed by atoms with Gasteiger partial charge in [-0.05, 0) is 42.9 Å². The Morgan fingerprint density at radius 2 is 1.66 bits per heavy atom. The zero-order valence-corrected chi connectivity index (χ0v) is 19.9. The number of ether oxygens (including phenoxy) is 2. The van der Waals surface area contributed by atoms with Gasteiger partial charge in [0.05, 0.1) is 30.3 Å². The van der Waals surface area contributed by atoms with E-state index in [1.165, 1.54) is 38.0 Å². The normalized spacial score (nSPS) is 13.4. The number of nitrogens with one attached hydrogen (secondary N) is 1. The summed E-state index contributed by atoms with van der Waals surface area (Å²) < 4.78 is 37.8. The van der Waals surface area contributed by atoms with E-state index < -0.39 is 26.9 Å². The molecule has 0 fully saturated rings. The molecule has 0 aliphatic rings. The van der Waals surface area contributed by atoms with Crippen molar-refractivity contribution >= 4 is 15.7 Å². The Morgan fingerprint density at radius 3 is 2.22 bits per heavy atom. The van der Waals surface area contributed by atoms with Gasteiger partial charge < -0.3 is 9.47 Å².